The Bertz CT molecular complexity index is 837. The Morgan fingerprint density at radius 2 is 2.21 bits per heavy atom. The number of sulfonamides is 1. The molecule has 1 fully saturated rings. The molecule has 130 valence electrons. The molecule has 0 aliphatic carbocycles. The van der Waals surface area contributed by atoms with Gasteiger partial charge in [-0.05, 0) is 31.0 Å². The van der Waals surface area contributed by atoms with Crippen LogP contribution in [0, 0.1) is 6.92 Å². The fourth-order valence-corrected chi connectivity index (χ4v) is 4.37. The third kappa shape index (κ3) is 3.55. The molecular weight excluding hydrogens is 352 g/mol. The van der Waals surface area contributed by atoms with Crippen molar-refractivity contribution >= 4 is 27.3 Å². The number of benzene rings is 1. The van der Waals surface area contributed by atoms with Crippen molar-refractivity contribution < 1.29 is 12.8 Å². The van der Waals surface area contributed by atoms with Crippen LogP contribution in [-0.4, -0.2) is 30.4 Å². The Morgan fingerprint density at radius 3 is 2.88 bits per heavy atom. The zero-order valence-electron chi connectivity index (χ0n) is 13.4. The molecule has 0 radical (unpaired) electrons. The van der Waals surface area contributed by atoms with Crippen molar-refractivity contribution in [3.05, 3.63) is 40.6 Å². The second-order valence-electron chi connectivity index (χ2n) is 5.84. The number of nitrogens with zero attached hydrogens (tertiary/aromatic N) is 2. The number of rotatable bonds is 5. The summed E-state index contributed by atoms with van der Waals surface area (Å²) < 4.78 is 33.3. The predicted molar refractivity (Wildman–Crippen MR) is 91.6 cm³/mol. The van der Waals surface area contributed by atoms with E-state index < -0.39 is 15.3 Å². The summed E-state index contributed by atoms with van der Waals surface area (Å²) in [5, 5.41) is 10.8. The smallest absolute Gasteiger partial charge is 0.236 e. The van der Waals surface area contributed by atoms with Crippen LogP contribution in [-0.2, 0) is 16.4 Å². The van der Waals surface area contributed by atoms with Crippen molar-refractivity contribution in [1.82, 2.24) is 15.5 Å². The van der Waals surface area contributed by atoms with E-state index in [0.717, 1.165) is 5.56 Å². The summed E-state index contributed by atoms with van der Waals surface area (Å²) in [6.07, 6.45) is 1.01. The molecule has 0 saturated carbocycles. The minimum absolute atomic E-state index is 0.257. The number of nitrogens with one attached hydrogen (secondary N) is 2. The van der Waals surface area contributed by atoms with Gasteiger partial charge in [-0.3, -0.25) is 4.72 Å². The lowest BCUT2D eigenvalue weighted by molar-refractivity contribution is 0.405. The van der Waals surface area contributed by atoms with Crippen molar-refractivity contribution in [3.8, 4) is 0 Å². The zero-order chi connectivity index (χ0) is 17.3. The Labute approximate surface area is 145 Å². The molecule has 0 spiro atoms. The number of halogens is 1. The molecule has 24 heavy (non-hydrogen) atoms. The third-order valence-corrected chi connectivity index (χ3v) is 6.04. The highest BCUT2D eigenvalue weighted by molar-refractivity contribution is 7.93. The number of aromatic nitrogens is 2. The van der Waals surface area contributed by atoms with Crippen LogP contribution in [0.4, 0.5) is 5.69 Å². The van der Waals surface area contributed by atoms with Gasteiger partial charge in [0.1, 0.15) is 0 Å². The van der Waals surface area contributed by atoms with Gasteiger partial charge in [0, 0.05) is 13.0 Å². The van der Waals surface area contributed by atoms with Gasteiger partial charge in [-0.15, -0.1) is 10.2 Å². The summed E-state index contributed by atoms with van der Waals surface area (Å²) in [6.45, 7) is 4.12. The van der Waals surface area contributed by atoms with Gasteiger partial charge >= 0.3 is 0 Å². The molecule has 9 heteroatoms. The van der Waals surface area contributed by atoms with E-state index in [1.165, 1.54) is 0 Å². The SMILES string of the molecule is CCc1nnc(C2CC(S(=O)(=O)Nc3ccc(C)cc3Cl)CN2)o1. The quantitative estimate of drug-likeness (QED) is 0.839. The molecule has 1 aliphatic rings. The van der Waals surface area contributed by atoms with E-state index in [2.05, 4.69) is 20.2 Å². The maximum atomic E-state index is 12.6. The second kappa shape index (κ2) is 6.70. The van der Waals surface area contributed by atoms with Crippen LogP contribution < -0.4 is 10.0 Å². The molecule has 0 bridgehead atoms. The van der Waals surface area contributed by atoms with Crippen LogP contribution >= 0.6 is 11.6 Å². The Balaban J connectivity index is 1.71. The van der Waals surface area contributed by atoms with Crippen LogP contribution in [0.3, 0.4) is 0 Å². The summed E-state index contributed by atoms with van der Waals surface area (Å²) in [5.74, 6) is 0.973. The molecule has 0 amide bonds. The molecule has 7 nitrogen and oxygen atoms in total. The van der Waals surface area contributed by atoms with Gasteiger partial charge in [-0.25, -0.2) is 8.42 Å². The van der Waals surface area contributed by atoms with E-state index in [4.69, 9.17) is 16.0 Å². The van der Waals surface area contributed by atoms with E-state index >= 15 is 0 Å². The summed E-state index contributed by atoms with van der Waals surface area (Å²) in [7, 11) is -3.57. The molecule has 1 aliphatic heterocycles. The molecule has 2 unspecified atom stereocenters. The number of anilines is 1. The van der Waals surface area contributed by atoms with Crippen LogP contribution in [0.15, 0.2) is 22.6 Å². The maximum absolute atomic E-state index is 12.6. The second-order valence-corrected chi connectivity index (χ2v) is 8.20. The monoisotopic (exact) mass is 370 g/mol. The molecule has 1 aromatic heterocycles. The first-order chi connectivity index (χ1) is 11.4. The highest BCUT2D eigenvalue weighted by Crippen LogP contribution is 2.29. The number of aryl methyl sites for hydroxylation is 2. The molecule has 2 aromatic rings. The summed E-state index contributed by atoms with van der Waals surface area (Å²) in [4.78, 5) is 0. The van der Waals surface area contributed by atoms with Gasteiger partial charge in [0.25, 0.3) is 0 Å². The van der Waals surface area contributed by atoms with Gasteiger partial charge in [-0.1, -0.05) is 24.6 Å². The van der Waals surface area contributed by atoms with E-state index in [-0.39, 0.29) is 6.04 Å². The van der Waals surface area contributed by atoms with Crippen molar-refractivity contribution in [2.24, 2.45) is 0 Å². The molecule has 1 aromatic carbocycles. The number of hydrogen-bond donors (Lipinski definition) is 2. The molecule has 3 rings (SSSR count). The van der Waals surface area contributed by atoms with E-state index in [9.17, 15) is 8.42 Å². The van der Waals surface area contributed by atoms with Crippen molar-refractivity contribution in [2.75, 3.05) is 11.3 Å². The van der Waals surface area contributed by atoms with Crippen molar-refractivity contribution in [1.29, 1.82) is 0 Å². The van der Waals surface area contributed by atoms with Crippen LogP contribution in [0.5, 0.6) is 0 Å². The average molecular weight is 371 g/mol. The van der Waals surface area contributed by atoms with Gasteiger partial charge in [0.2, 0.25) is 21.8 Å². The summed E-state index contributed by atoms with van der Waals surface area (Å²) in [5.41, 5.74) is 1.35. The summed E-state index contributed by atoms with van der Waals surface area (Å²) >= 11 is 6.11. The lowest BCUT2D eigenvalue weighted by Crippen LogP contribution is -2.29. The van der Waals surface area contributed by atoms with Crippen molar-refractivity contribution in [2.45, 2.75) is 38.0 Å². The van der Waals surface area contributed by atoms with E-state index in [0.29, 0.717) is 41.9 Å². The molecule has 2 N–H and O–H groups in total. The summed E-state index contributed by atoms with van der Waals surface area (Å²) in [6, 6.07) is 4.94. The average Bonchev–Trinajstić information content (AvgIpc) is 3.18. The lowest BCUT2D eigenvalue weighted by Gasteiger charge is -2.14. The fraction of sp³-hybridized carbons (Fsp3) is 0.467. The first-order valence-corrected chi connectivity index (χ1v) is 9.65. The fourth-order valence-electron chi connectivity index (χ4n) is 2.62. The normalized spacial score (nSPS) is 21.1. The van der Waals surface area contributed by atoms with E-state index in [1.807, 2.05) is 19.9 Å². The number of hydrogen-bond acceptors (Lipinski definition) is 6. The van der Waals surface area contributed by atoms with Gasteiger partial charge in [0.15, 0.2) is 0 Å². The Hall–Kier alpha value is -1.64. The standard InChI is InChI=1S/C15H19ClN4O3S/c1-3-14-18-19-15(23-14)13-7-10(8-17-13)24(21,22)20-12-5-4-9(2)6-11(12)16/h4-6,10,13,17,20H,3,7-8H2,1-2H3. The Kier molecular flexibility index (Phi) is 4.80. The largest absolute Gasteiger partial charge is 0.424 e. The first kappa shape index (κ1) is 17.2. The third-order valence-electron chi connectivity index (χ3n) is 3.99. The van der Waals surface area contributed by atoms with Crippen molar-refractivity contribution in [3.63, 3.8) is 0 Å². The molecule has 2 atom stereocenters. The Morgan fingerprint density at radius 1 is 1.42 bits per heavy atom. The van der Waals surface area contributed by atoms with E-state index in [1.54, 1.807) is 12.1 Å². The topological polar surface area (TPSA) is 97.1 Å². The van der Waals surface area contributed by atoms with Crippen LogP contribution in [0.1, 0.15) is 36.7 Å². The lowest BCUT2D eigenvalue weighted by atomic mass is 10.2. The van der Waals surface area contributed by atoms with Gasteiger partial charge < -0.3 is 9.73 Å². The van der Waals surface area contributed by atoms with Gasteiger partial charge in [-0.2, -0.15) is 0 Å². The minimum Gasteiger partial charge on any atom is -0.424 e. The highest BCUT2D eigenvalue weighted by Gasteiger charge is 2.37. The van der Waals surface area contributed by atoms with Gasteiger partial charge in [0.05, 0.1) is 22.0 Å². The predicted octanol–water partition coefficient (Wildman–Crippen LogP) is 2.44. The minimum atomic E-state index is -3.57. The molecule has 1 saturated heterocycles. The highest BCUT2D eigenvalue weighted by atomic mass is 35.5. The molecular formula is C15H19ClN4O3S. The van der Waals surface area contributed by atoms with Crippen LogP contribution in [0.25, 0.3) is 0 Å². The first-order valence-electron chi connectivity index (χ1n) is 7.72. The van der Waals surface area contributed by atoms with Crippen LogP contribution in [0.2, 0.25) is 5.02 Å². The zero-order valence-corrected chi connectivity index (χ0v) is 15.0. The maximum Gasteiger partial charge on any atom is 0.236 e. The molecule has 2 heterocycles.